The van der Waals surface area contributed by atoms with Crippen molar-refractivity contribution in [2.24, 2.45) is 0 Å². The van der Waals surface area contributed by atoms with E-state index in [-0.39, 0.29) is 24.0 Å². The van der Waals surface area contributed by atoms with Crippen LogP contribution in [0.5, 0.6) is 0 Å². The van der Waals surface area contributed by atoms with Gasteiger partial charge in [0.05, 0.1) is 11.7 Å². The van der Waals surface area contributed by atoms with Crippen LogP contribution in [-0.2, 0) is 4.79 Å². The molecule has 1 amide bonds. The molecule has 6 nitrogen and oxygen atoms in total. The first-order valence-electron chi connectivity index (χ1n) is 8.52. The van der Waals surface area contributed by atoms with Crippen LogP contribution in [0.3, 0.4) is 0 Å². The van der Waals surface area contributed by atoms with E-state index in [1.54, 1.807) is 0 Å². The molecule has 0 bridgehead atoms. The van der Waals surface area contributed by atoms with Crippen molar-refractivity contribution in [2.75, 3.05) is 6.54 Å². The number of nitrogens with one attached hydrogen (secondary N) is 2. The summed E-state index contributed by atoms with van der Waals surface area (Å²) in [7, 11) is 0. The van der Waals surface area contributed by atoms with Crippen molar-refractivity contribution in [1.29, 1.82) is 0 Å². The van der Waals surface area contributed by atoms with E-state index in [0.29, 0.717) is 0 Å². The van der Waals surface area contributed by atoms with Crippen molar-refractivity contribution in [3.63, 3.8) is 0 Å². The predicted octanol–water partition coefficient (Wildman–Crippen LogP) is 2.25. The Morgan fingerprint density at radius 2 is 2.12 bits per heavy atom. The summed E-state index contributed by atoms with van der Waals surface area (Å²) in [5, 5.41) is 3.96. The number of aryl methyl sites for hydroxylation is 1. The van der Waals surface area contributed by atoms with Crippen molar-refractivity contribution in [2.45, 2.75) is 44.3 Å². The lowest BCUT2D eigenvalue weighted by molar-refractivity contribution is -0.134. The van der Waals surface area contributed by atoms with Gasteiger partial charge in [0.2, 0.25) is 5.91 Å². The Kier molecular flexibility index (Phi) is 4.08. The fourth-order valence-electron chi connectivity index (χ4n) is 3.69. The monoisotopic (exact) mass is 326 g/mol. The third-order valence-electron chi connectivity index (χ3n) is 4.91. The lowest BCUT2D eigenvalue weighted by atomic mass is 10.0. The Balaban J connectivity index is 1.46. The summed E-state index contributed by atoms with van der Waals surface area (Å²) in [6.07, 6.45) is 2.68. The Morgan fingerprint density at radius 3 is 2.88 bits per heavy atom. The SMILES string of the molecule is Cc1cc(C2CCCN2C(=O)C2CC(c3ccccc3)NN2)on1. The van der Waals surface area contributed by atoms with Crippen LogP contribution in [-0.4, -0.2) is 28.6 Å². The van der Waals surface area contributed by atoms with Crippen LogP contribution < -0.4 is 10.9 Å². The molecule has 4 rings (SSSR count). The average Bonchev–Trinajstić information content (AvgIpc) is 3.35. The lowest BCUT2D eigenvalue weighted by Crippen LogP contribution is -2.45. The van der Waals surface area contributed by atoms with Crippen LogP contribution in [0.15, 0.2) is 40.9 Å². The number of carbonyl (C=O) groups is 1. The molecule has 0 saturated carbocycles. The average molecular weight is 326 g/mol. The Labute approximate surface area is 141 Å². The summed E-state index contributed by atoms with van der Waals surface area (Å²) in [6.45, 7) is 2.68. The standard InChI is InChI=1S/C18H22N4O2/c1-12-10-17(24-21-12)16-8-5-9-22(16)18(23)15-11-14(19-20-15)13-6-3-2-4-7-13/h2-4,6-7,10,14-16,19-20H,5,8-9,11H2,1H3. The van der Waals surface area contributed by atoms with E-state index in [1.165, 1.54) is 5.56 Å². The number of rotatable bonds is 3. The molecule has 6 heteroatoms. The fraction of sp³-hybridized carbons (Fsp3) is 0.444. The van der Waals surface area contributed by atoms with Crippen molar-refractivity contribution >= 4 is 5.91 Å². The number of hydrogen-bond acceptors (Lipinski definition) is 5. The number of amides is 1. The molecule has 0 aliphatic carbocycles. The zero-order chi connectivity index (χ0) is 16.5. The number of nitrogens with zero attached hydrogens (tertiary/aromatic N) is 2. The summed E-state index contributed by atoms with van der Waals surface area (Å²) in [6, 6.07) is 12.1. The van der Waals surface area contributed by atoms with Gasteiger partial charge in [0, 0.05) is 18.7 Å². The minimum Gasteiger partial charge on any atom is -0.359 e. The van der Waals surface area contributed by atoms with Crippen LogP contribution >= 0.6 is 0 Å². The zero-order valence-corrected chi connectivity index (χ0v) is 13.7. The second-order valence-electron chi connectivity index (χ2n) is 6.60. The van der Waals surface area contributed by atoms with E-state index in [0.717, 1.165) is 37.3 Å². The Bertz CT molecular complexity index is 715. The quantitative estimate of drug-likeness (QED) is 0.905. The molecular weight excluding hydrogens is 304 g/mol. The maximum absolute atomic E-state index is 13.0. The van der Waals surface area contributed by atoms with Gasteiger partial charge in [-0.1, -0.05) is 35.5 Å². The number of aromatic nitrogens is 1. The Hall–Kier alpha value is -2.18. The highest BCUT2D eigenvalue weighted by Gasteiger charge is 2.39. The molecule has 1 aromatic heterocycles. The Morgan fingerprint density at radius 1 is 1.29 bits per heavy atom. The number of likely N-dealkylation sites (tertiary alicyclic amines) is 1. The fourth-order valence-corrected chi connectivity index (χ4v) is 3.69. The molecule has 2 aliphatic heterocycles. The molecule has 126 valence electrons. The molecule has 3 heterocycles. The van der Waals surface area contributed by atoms with Gasteiger partial charge in [0.25, 0.3) is 0 Å². The van der Waals surface area contributed by atoms with Gasteiger partial charge >= 0.3 is 0 Å². The highest BCUT2D eigenvalue weighted by Crippen LogP contribution is 2.34. The summed E-state index contributed by atoms with van der Waals surface area (Å²) in [4.78, 5) is 14.9. The molecule has 2 aromatic rings. The largest absolute Gasteiger partial charge is 0.359 e. The van der Waals surface area contributed by atoms with E-state index in [9.17, 15) is 4.79 Å². The summed E-state index contributed by atoms with van der Waals surface area (Å²) in [5.74, 6) is 0.932. The van der Waals surface area contributed by atoms with Crippen LogP contribution in [0.2, 0.25) is 0 Å². The van der Waals surface area contributed by atoms with Crippen LogP contribution in [0.4, 0.5) is 0 Å². The molecule has 0 radical (unpaired) electrons. The second-order valence-corrected chi connectivity index (χ2v) is 6.60. The van der Waals surface area contributed by atoms with E-state index in [2.05, 4.69) is 28.1 Å². The minimum atomic E-state index is -0.208. The molecule has 2 N–H and O–H groups in total. The molecule has 2 aliphatic rings. The minimum absolute atomic E-state index is 0.0104. The highest BCUT2D eigenvalue weighted by atomic mass is 16.5. The molecular formula is C18H22N4O2. The maximum atomic E-state index is 13.0. The van der Waals surface area contributed by atoms with Gasteiger partial charge in [0.15, 0.2) is 5.76 Å². The zero-order valence-electron chi connectivity index (χ0n) is 13.7. The predicted molar refractivity (Wildman–Crippen MR) is 88.8 cm³/mol. The first-order valence-corrected chi connectivity index (χ1v) is 8.52. The number of hydrogen-bond donors (Lipinski definition) is 2. The van der Waals surface area contributed by atoms with Crippen molar-refractivity contribution in [3.8, 4) is 0 Å². The number of hydrazine groups is 1. The first kappa shape index (κ1) is 15.4. The number of benzene rings is 1. The van der Waals surface area contributed by atoms with Crippen LogP contribution in [0, 0.1) is 6.92 Å². The molecule has 0 spiro atoms. The van der Waals surface area contributed by atoms with Crippen molar-refractivity contribution < 1.29 is 9.32 Å². The van der Waals surface area contributed by atoms with Crippen LogP contribution in [0.1, 0.15) is 48.4 Å². The van der Waals surface area contributed by atoms with E-state index in [4.69, 9.17) is 4.52 Å². The summed E-state index contributed by atoms with van der Waals surface area (Å²) in [5.41, 5.74) is 8.48. The van der Waals surface area contributed by atoms with E-state index >= 15 is 0 Å². The topological polar surface area (TPSA) is 70.4 Å². The molecule has 3 unspecified atom stereocenters. The van der Waals surface area contributed by atoms with E-state index < -0.39 is 0 Å². The molecule has 3 atom stereocenters. The van der Waals surface area contributed by atoms with Gasteiger partial charge in [0.1, 0.15) is 6.04 Å². The first-order chi connectivity index (χ1) is 11.7. The maximum Gasteiger partial charge on any atom is 0.241 e. The van der Waals surface area contributed by atoms with Gasteiger partial charge in [-0.05, 0) is 31.7 Å². The highest BCUT2D eigenvalue weighted by molar-refractivity contribution is 5.83. The van der Waals surface area contributed by atoms with Crippen LogP contribution in [0.25, 0.3) is 0 Å². The summed E-state index contributed by atoms with van der Waals surface area (Å²) < 4.78 is 5.40. The van der Waals surface area contributed by atoms with Crippen molar-refractivity contribution in [3.05, 3.63) is 53.4 Å². The molecule has 1 aromatic carbocycles. The van der Waals surface area contributed by atoms with Gasteiger partial charge in [-0.15, -0.1) is 0 Å². The lowest BCUT2D eigenvalue weighted by Gasteiger charge is -2.25. The second kappa shape index (κ2) is 6.37. The summed E-state index contributed by atoms with van der Waals surface area (Å²) >= 11 is 0. The van der Waals surface area contributed by atoms with Gasteiger partial charge in [-0.25, -0.2) is 10.9 Å². The number of carbonyl (C=O) groups excluding carboxylic acids is 1. The molecule has 24 heavy (non-hydrogen) atoms. The van der Waals surface area contributed by atoms with E-state index in [1.807, 2.05) is 36.1 Å². The molecule has 2 fully saturated rings. The smallest absolute Gasteiger partial charge is 0.241 e. The van der Waals surface area contributed by atoms with Gasteiger partial charge in [-0.2, -0.15) is 0 Å². The molecule has 2 saturated heterocycles. The normalized spacial score (nSPS) is 26.9. The van der Waals surface area contributed by atoms with Gasteiger partial charge in [-0.3, -0.25) is 4.79 Å². The van der Waals surface area contributed by atoms with Crippen molar-refractivity contribution in [1.82, 2.24) is 20.9 Å². The third-order valence-corrected chi connectivity index (χ3v) is 4.91. The third kappa shape index (κ3) is 2.83. The van der Waals surface area contributed by atoms with Gasteiger partial charge < -0.3 is 9.42 Å².